The lowest BCUT2D eigenvalue weighted by Crippen LogP contribution is -2.32. The van der Waals surface area contributed by atoms with E-state index in [1.807, 2.05) is 6.33 Å². The van der Waals surface area contributed by atoms with Gasteiger partial charge in [-0.25, -0.2) is 4.98 Å². The summed E-state index contributed by atoms with van der Waals surface area (Å²) in [5, 5.41) is 0. The Morgan fingerprint density at radius 2 is 2.19 bits per heavy atom. The molecule has 118 valence electrons. The number of aromatic nitrogens is 2. The molecule has 1 aromatic rings. The van der Waals surface area contributed by atoms with Crippen LogP contribution in [0.3, 0.4) is 0 Å². The predicted molar refractivity (Wildman–Crippen MR) is 84.1 cm³/mol. The summed E-state index contributed by atoms with van der Waals surface area (Å²) in [5.41, 5.74) is 7.32. The van der Waals surface area contributed by atoms with Gasteiger partial charge in [0.1, 0.15) is 0 Å². The van der Waals surface area contributed by atoms with Crippen LogP contribution in [-0.2, 0) is 17.7 Å². The average Bonchev–Trinajstić information content (AvgIpc) is 3.08. The maximum Gasteiger partial charge on any atom is 0.0950 e. The van der Waals surface area contributed by atoms with E-state index in [1.165, 1.54) is 44.9 Å². The van der Waals surface area contributed by atoms with E-state index >= 15 is 0 Å². The van der Waals surface area contributed by atoms with Crippen LogP contribution in [0.25, 0.3) is 0 Å². The van der Waals surface area contributed by atoms with Crippen LogP contribution >= 0.6 is 0 Å². The molecule has 1 aliphatic carbocycles. The number of nitrogens with zero attached hydrogens (tertiary/aromatic N) is 2. The van der Waals surface area contributed by atoms with E-state index in [1.54, 1.807) is 0 Å². The van der Waals surface area contributed by atoms with Crippen LogP contribution in [0.4, 0.5) is 0 Å². The zero-order chi connectivity index (χ0) is 14.7. The molecule has 2 N–H and O–H groups in total. The maximum absolute atomic E-state index is 6.43. The standard InChI is InChI=1S/C17H29N3O/c1-2-14(18)10-15-11-20(13-19-15)12-16-6-9-17(21-16)7-4-3-5-8-17/h11,13-14,16H,2-10,12,18H2,1H3. The molecule has 21 heavy (non-hydrogen) atoms. The van der Waals surface area contributed by atoms with Crippen molar-refractivity contribution in [3.05, 3.63) is 18.2 Å². The Bertz CT molecular complexity index is 451. The number of nitrogens with two attached hydrogens (primary N) is 1. The van der Waals surface area contributed by atoms with Crippen LogP contribution in [0.2, 0.25) is 0 Å². The number of ether oxygens (including phenoxy) is 1. The van der Waals surface area contributed by atoms with Crippen LogP contribution in [0.1, 0.15) is 64.0 Å². The Labute approximate surface area is 128 Å². The molecule has 2 atom stereocenters. The second-order valence-corrected chi connectivity index (χ2v) is 6.96. The summed E-state index contributed by atoms with van der Waals surface area (Å²) in [6.07, 6.45) is 15.4. The quantitative estimate of drug-likeness (QED) is 0.907. The topological polar surface area (TPSA) is 53.1 Å². The number of imidazole rings is 1. The van der Waals surface area contributed by atoms with Gasteiger partial charge in [0.05, 0.1) is 23.7 Å². The van der Waals surface area contributed by atoms with E-state index < -0.39 is 0 Å². The van der Waals surface area contributed by atoms with Gasteiger partial charge in [-0.1, -0.05) is 26.2 Å². The molecule has 4 heteroatoms. The van der Waals surface area contributed by atoms with Crippen LogP contribution in [0.5, 0.6) is 0 Å². The second kappa shape index (κ2) is 6.49. The van der Waals surface area contributed by atoms with Gasteiger partial charge in [0, 0.05) is 25.2 Å². The van der Waals surface area contributed by atoms with Crippen molar-refractivity contribution >= 4 is 0 Å². The first-order valence-electron chi connectivity index (χ1n) is 8.63. The molecule has 2 fully saturated rings. The average molecular weight is 291 g/mol. The molecule has 3 rings (SSSR count). The molecule has 1 spiro atoms. The van der Waals surface area contributed by atoms with Crippen LogP contribution in [-0.4, -0.2) is 27.3 Å². The number of rotatable bonds is 5. The summed E-state index contributed by atoms with van der Waals surface area (Å²) in [6.45, 7) is 3.06. The van der Waals surface area contributed by atoms with Crippen molar-refractivity contribution in [2.45, 2.75) is 89.0 Å². The summed E-state index contributed by atoms with van der Waals surface area (Å²) in [6, 6.07) is 0.224. The normalized spacial score (nSPS) is 26.3. The van der Waals surface area contributed by atoms with Gasteiger partial charge in [0.2, 0.25) is 0 Å². The van der Waals surface area contributed by atoms with Crippen molar-refractivity contribution in [2.75, 3.05) is 0 Å². The molecule has 1 saturated carbocycles. The van der Waals surface area contributed by atoms with Crippen molar-refractivity contribution in [1.82, 2.24) is 9.55 Å². The van der Waals surface area contributed by atoms with Gasteiger partial charge in [0.25, 0.3) is 0 Å². The van der Waals surface area contributed by atoms with Gasteiger partial charge in [-0.05, 0) is 32.1 Å². The molecule has 2 aliphatic rings. The SMILES string of the molecule is CCC(N)Cc1cn(CC2CCC3(CCCCC3)O2)cn1. The van der Waals surface area contributed by atoms with Crippen LogP contribution in [0.15, 0.2) is 12.5 Å². The first-order chi connectivity index (χ1) is 10.2. The highest BCUT2D eigenvalue weighted by Crippen LogP contribution is 2.42. The monoisotopic (exact) mass is 291 g/mol. The third-order valence-electron chi connectivity index (χ3n) is 5.20. The lowest BCUT2D eigenvalue weighted by atomic mass is 9.83. The zero-order valence-corrected chi connectivity index (χ0v) is 13.3. The molecular formula is C17H29N3O. The van der Waals surface area contributed by atoms with E-state index in [0.29, 0.717) is 6.10 Å². The first kappa shape index (κ1) is 15.0. The van der Waals surface area contributed by atoms with Gasteiger partial charge in [-0.15, -0.1) is 0 Å². The summed E-state index contributed by atoms with van der Waals surface area (Å²) in [7, 11) is 0. The van der Waals surface area contributed by atoms with Gasteiger partial charge in [0.15, 0.2) is 0 Å². The first-order valence-corrected chi connectivity index (χ1v) is 8.63. The van der Waals surface area contributed by atoms with Gasteiger partial charge >= 0.3 is 0 Å². The van der Waals surface area contributed by atoms with Gasteiger partial charge in [-0.2, -0.15) is 0 Å². The lowest BCUT2D eigenvalue weighted by molar-refractivity contribution is -0.0679. The van der Waals surface area contributed by atoms with Crippen molar-refractivity contribution in [1.29, 1.82) is 0 Å². The third-order valence-corrected chi connectivity index (χ3v) is 5.20. The summed E-state index contributed by atoms with van der Waals surface area (Å²) >= 11 is 0. The summed E-state index contributed by atoms with van der Waals surface area (Å²) in [5.74, 6) is 0. The maximum atomic E-state index is 6.43. The van der Waals surface area contributed by atoms with Gasteiger partial charge in [-0.3, -0.25) is 0 Å². The van der Waals surface area contributed by atoms with Crippen molar-refractivity contribution in [3.8, 4) is 0 Å². The van der Waals surface area contributed by atoms with Crippen molar-refractivity contribution in [3.63, 3.8) is 0 Å². The molecule has 0 radical (unpaired) electrons. The molecule has 2 heterocycles. The number of hydrogen-bond donors (Lipinski definition) is 1. The zero-order valence-electron chi connectivity index (χ0n) is 13.3. The van der Waals surface area contributed by atoms with Crippen molar-refractivity contribution in [2.24, 2.45) is 5.73 Å². The molecule has 2 unspecified atom stereocenters. The van der Waals surface area contributed by atoms with E-state index in [9.17, 15) is 0 Å². The van der Waals surface area contributed by atoms with Gasteiger partial charge < -0.3 is 15.0 Å². The van der Waals surface area contributed by atoms with E-state index in [2.05, 4.69) is 22.7 Å². The number of hydrogen-bond acceptors (Lipinski definition) is 3. The van der Waals surface area contributed by atoms with Crippen LogP contribution < -0.4 is 5.73 Å². The minimum absolute atomic E-state index is 0.219. The molecule has 1 aliphatic heterocycles. The molecule has 4 nitrogen and oxygen atoms in total. The molecule has 0 amide bonds. The minimum atomic E-state index is 0.219. The Hall–Kier alpha value is -0.870. The Kier molecular flexibility index (Phi) is 4.65. The molecular weight excluding hydrogens is 262 g/mol. The molecule has 0 bridgehead atoms. The smallest absolute Gasteiger partial charge is 0.0950 e. The molecule has 1 saturated heterocycles. The Morgan fingerprint density at radius 1 is 1.38 bits per heavy atom. The predicted octanol–water partition coefficient (Wildman–Crippen LogP) is 3.04. The third kappa shape index (κ3) is 3.67. The van der Waals surface area contributed by atoms with Crippen LogP contribution in [0, 0.1) is 0 Å². The lowest BCUT2D eigenvalue weighted by Gasteiger charge is -2.33. The largest absolute Gasteiger partial charge is 0.370 e. The fraction of sp³-hybridized carbons (Fsp3) is 0.824. The summed E-state index contributed by atoms with van der Waals surface area (Å²) < 4.78 is 8.62. The minimum Gasteiger partial charge on any atom is -0.370 e. The fourth-order valence-electron chi connectivity index (χ4n) is 3.85. The van der Waals surface area contributed by atoms with Crippen molar-refractivity contribution < 1.29 is 4.74 Å². The fourth-order valence-corrected chi connectivity index (χ4v) is 3.85. The second-order valence-electron chi connectivity index (χ2n) is 6.96. The van der Waals surface area contributed by atoms with E-state index in [-0.39, 0.29) is 11.6 Å². The molecule has 0 aromatic carbocycles. The Morgan fingerprint density at radius 3 is 2.95 bits per heavy atom. The highest BCUT2D eigenvalue weighted by atomic mass is 16.5. The summed E-state index contributed by atoms with van der Waals surface area (Å²) in [4.78, 5) is 4.48. The highest BCUT2D eigenvalue weighted by Gasteiger charge is 2.40. The Balaban J connectivity index is 1.53. The highest BCUT2D eigenvalue weighted by molar-refractivity contribution is 5.00. The van der Waals surface area contributed by atoms with E-state index in [0.717, 1.165) is 25.1 Å². The molecule has 1 aromatic heterocycles. The van der Waals surface area contributed by atoms with E-state index in [4.69, 9.17) is 10.5 Å².